The Morgan fingerprint density at radius 1 is 1.18 bits per heavy atom. The Morgan fingerprint density at radius 3 is 2.71 bits per heavy atom. The van der Waals surface area contributed by atoms with Gasteiger partial charge >= 0.3 is 0 Å². The highest BCUT2D eigenvalue weighted by atomic mass is 16.5. The van der Waals surface area contributed by atoms with E-state index in [1.807, 2.05) is 62.4 Å². The van der Waals surface area contributed by atoms with Crippen LogP contribution in [0.5, 0.6) is 11.5 Å². The van der Waals surface area contributed by atoms with E-state index < -0.39 is 0 Å². The number of nitrogens with one attached hydrogen (secondary N) is 3. The maximum Gasteiger partial charge on any atom is 0.258 e. The molecule has 0 aliphatic carbocycles. The molecule has 2 atom stereocenters. The van der Waals surface area contributed by atoms with Crippen molar-refractivity contribution in [2.45, 2.75) is 39.0 Å². The standard InChI is InChI=1S/C21H26N4O3/c1-3-27-20-12-17(13-22-25-21(26)18-11-15(2)23-24-18)9-10-19(20)28-14-16-7-5-4-6-8-16/h4-10,12-13,15,18,23-24H,3,11,14H2,1-2H3,(H,25,26)/b22-13+. The second kappa shape index (κ2) is 9.87. The monoisotopic (exact) mass is 382 g/mol. The first kappa shape index (κ1) is 19.9. The highest BCUT2D eigenvalue weighted by Gasteiger charge is 2.26. The minimum absolute atomic E-state index is 0.166. The SMILES string of the molecule is CCOc1cc(/C=N/NC(=O)C2CC(C)NN2)ccc1OCc1ccccc1. The summed E-state index contributed by atoms with van der Waals surface area (Å²) in [4.78, 5) is 12.1. The zero-order valence-electron chi connectivity index (χ0n) is 16.1. The van der Waals surface area contributed by atoms with Gasteiger partial charge in [-0.05, 0) is 49.6 Å². The van der Waals surface area contributed by atoms with E-state index in [1.54, 1.807) is 6.21 Å². The van der Waals surface area contributed by atoms with Crippen molar-refractivity contribution in [3.05, 3.63) is 59.7 Å². The molecule has 28 heavy (non-hydrogen) atoms. The molecule has 2 aromatic rings. The summed E-state index contributed by atoms with van der Waals surface area (Å²) in [5, 5.41) is 4.05. The molecule has 7 nitrogen and oxygen atoms in total. The third-order valence-electron chi connectivity index (χ3n) is 4.30. The van der Waals surface area contributed by atoms with Crippen molar-refractivity contribution in [3.63, 3.8) is 0 Å². The average Bonchev–Trinajstić information content (AvgIpc) is 3.15. The third-order valence-corrected chi connectivity index (χ3v) is 4.30. The number of rotatable bonds is 8. The van der Waals surface area contributed by atoms with Crippen molar-refractivity contribution >= 4 is 12.1 Å². The van der Waals surface area contributed by atoms with Gasteiger partial charge in [-0.25, -0.2) is 10.9 Å². The van der Waals surface area contributed by atoms with Gasteiger partial charge in [-0.15, -0.1) is 0 Å². The van der Waals surface area contributed by atoms with Crippen molar-refractivity contribution < 1.29 is 14.3 Å². The molecule has 0 aromatic heterocycles. The molecule has 0 spiro atoms. The van der Waals surface area contributed by atoms with E-state index >= 15 is 0 Å². The molecular weight excluding hydrogens is 356 g/mol. The first-order valence-corrected chi connectivity index (χ1v) is 9.43. The normalized spacial score (nSPS) is 18.9. The van der Waals surface area contributed by atoms with Crippen LogP contribution in [0.15, 0.2) is 53.6 Å². The first-order chi connectivity index (χ1) is 13.7. The van der Waals surface area contributed by atoms with Crippen LogP contribution < -0.4 is 25.8 Å². The molecule has 1 heterocycles. The maximum atomic E-state index is 12.1. The minimum atomic E-state index is -0.278. The molecule has 7 heteroatoms. The third kappa shape index (κ3) is 5.55. The largest absolute Gasteiger partial charge is 0.490 e. The van der Waals surface area contributed by atoms with E-state index in [4.69, 9.17) is 9.47 Å². The number of ether oxygens (including phenoxy) is 2. The Balaban J connectivity index is 1.60. The van der Waals surface area contributed by atoms with Gasteiger partial charge in [-0.3, -0.25) is 10.2 Å². The number of nitrogens with zero attached hydrogens (tertiary/aromatic N) is 1. The number of amides is 1. The minimum Gasteiger partial charge on any atom is -0.490 e. The summed E-state index contributed by atoms with van der Waals surface area (Å²) >= 11 is 0. The molecule has 2 aromatic carbocycles. The van der Waals surface area contributed by atoms with Crippen molar-refractivity contribution in [2.24, 2.45) is 5.10 Å². The van der Waals surface area contributed by atoms with Gasteiger partial charge in [0.15, 0.2) is 11.5 Å². The van der Waals surface area contributed by atoms with Gasteiger partial charge in [-0.1, -0.05) is 30.3 Å². The number of benzene rings is 2. The van der Waals surface area contributed by atoms with Crippen LogP contribution in [0.2, 0.25) is 0 Å². The van der Waals surface area contributed by atoms with Crippen LogP contribution in [0.4, 0.5) is 0 Å². The summed E-state index contributed by atoms with van der Waals surface area (Å²) in [6, 6.07) is 15.5. The topological polar surface area (TPSA) is 84.0 Å². The van der Waals surface area contributed by atoms with Crippen molar-refractivity contribution in [3.8, 4) is 11.5 Å². The zero-order chi connectivity index (χ0) is 19.8. The molecular formula is C21H26N4O3. The summed E-state index contributed by atoms with van der Waals surface area (Å²) < 4.78 is 11.6. The number of hydrogen-bond acceptors (Lipinski definition) is 6. The lowest BCUT2D eigenvalue weighted by molar-refractivity contribution is -0.122. The van der Waals surface area contributed by atoms with Crippen LogP contribution >= 0.6 is 0 Å². The molecule has 1 aliphatic rings. The fourth-order valence-electron chi connectivity index (χ4n) is 2.86. The van der Waals surface area contributed by atoms with Crippen molar-refractivity contribution in [2.75, 3.05) is 6.61 Å². The van der Waals surface area contributed by atoms with Gasteiger partial charge in [0.05, 0.1) is 12.8 Å². The summed E-state index contributed by atoms with van der Waals surface area (Å²) in [6.45, 7) is 4.93. The van der Waals surface area contributed by atoms with Crippen molar-refractivity contribution in [1.82, 2.24) is 16.3 Å². The highest BCUT2D eigenvalue weighted by molar-refractivity contribution is 5.85. The number of hydrazone groups is 1. The van der Waals surface area contributed by atoms with E-state index in [2.05, 4.69) is 21.4 Å². The molecule has 148 valence electrons. The van der Waals surface area contributed by atoms with Crippen LogP contribution in [0, 0.1) is 0 Å². The first-order valence-electron chi connectivity index (χ1n) is 9.43. The van der Waals surface area contributed by atoms with E-state index in [-0.39, 0.29) is 18.0 Å². The fourth-order valence-corrected chi connectivity index (χ4v) is 2.86. The molecule has 0 radical (unpaired) electrons. The van der Waals surface area contributed by atoms with Crippen LogP contribution in [-0.2, 0) is 11.4 Å². The van der Waals surface area contributed by atoms with E-state index in [1.165, 1.54) is 0 Å². The van der Waals surface area contributed by atoms with E-state index in [9.17, 15) is 4.79 Å². The molecule has 3 N–H and O–H groups in total. The summed E-state index contributed by atoms with van der Waals surface area (Å²) in [6.07, 6.45) is 2.32. The van der Waals surface area contributed by atoms with E-state index in [0.717, 1.165) is 17.5 Å². The summed E-state index contributed by atoms with van der Waals surface area (Å²) in [5.41, 5.74) is 10.4. The lowest BCUT2D eigenvalue weighted by Crippen LogP contribution is -2.41. The molecule has 0 bridgehead atoms. The highest BCUT2D eigenvalue weighted by Crippen LogP contribution is 2.28. The predicted octanol–water partition coefficient (Wildman–Crippen LogP) is 2.37. The number of hydrazine groups is 1. The fraction of sp³-hybridized carbons (Fsp3) is 0.333. The summed E-state index contributed by atoms with van der Waals surface area (Å²) in [5.74, 6) is 1.15. The van der Waals surface area contributed by atoms with Crippen LogP contribution in [0.25, 0.3) is 0 Å². The lowest BCUT2D eigenvalue weighted by atomic mass is 10.1. The Kier molecular flexibility index (Phi) is 7.00. The Morgan fingerprint density at radius 2 is 2.00 bits per heavy atom. The van der Waals surface area contributed by atoms with Crippen molar-refractivity contribution in [1.29, 1.82) is 0 Å². The predicted molar refractivity (Wildman–Crippen MR) is 108 cm³/mol. The van der Waals surface area contributed by atoms with Gasteiger partial charge in [0, 0.05) is 6.04 Å². The number of carbonyl (C=O) groups excluding carboxylic acids is 1. The Labute approximate surface area is 165 Å². The smallest absolute Gasteiger partial charge is 0.258 e. The molecule has 1 amide bonds. The molecule has 3 rings (SSSR count). The number of hydrogen-bond donors (Lipinski definition) is 3. The maximum absolute atomic E-state index is 12.1. The van der Waals surface area contributed by atoms with Crippen LogP contribution in [0.1, 0.15) is 31.4 Å². The summed E-state index contributed by atoms with van der Waals surface area (Å²) in [7, 11) is 0. The van der Waals surface area contributed by atoms with Gasteiger partial charge < -0.3 is 9.47 Å². The molecule has 1 fully saturated rings. The Bertz CT molecular complexity index is 811. The second-order valence-electron chi connectivity index (χ2n) is 6.63. The van der Waals surface area contributed by atoms with Gasteiger partial charge in [0.25, 0.3) is 5.91 Å². The average molecular weight is 382 g/mol. The van der Waals surface area contributed by atoms with Crippen LogP contribution in [-0.4, -0.2) is 30.8 Å². The van der Waals surface area contributed by atoms with Gasteiger partial charge in [-0.2, -0.15) is 5.10 Å². The van der Waals surface area contributed by atoms with Gasteiger partial charge in [0.2, 0.25) is 0 Å². The molecule has 2 unspecified atom stereocenters. The molecule has 1 saturated heterocycles. The zero-order valence-corrected chi connectivity index (χ0v) is 16.1. The molecule has 0 saturated carbocycles. The Hall–Kier alpha value is -2.90. The van der Waals surface area contributed by atoms with Gasteiger partial charge in [0.1, 0.15) is 12.6 Å². The second-order valence-corrected chi connectivity index (χ2v) is 6.63. The molecule has 1 aliphatic heterocycles. The quantitative estimate of drug-likeness (QED) is 0.482. The lowest BCUT2D eigenvalue weighted by Gasteiger charge is -2.12. The number of carbonyl (C=O) groups is 1. The van der Waals surface area contributed by atoms with E-state index in [0.29, 0.717) is 24.7 Å². The van der Waals surface area contributed by atoms with Crippen LogP contribution in [0.3, 0.4) is 0 Å².